The minimum Gasteiger partial charge on any atom is -0.464 e. The molecule has 0 bridgehead atoms. The Morgan fingerprint density at radius 3 is 1.96 bits per heavy atom. The van der Waals surface area contributed by atoms with Crippen molar-refractivity contribution in [2.45, 2.75) is 26.3 Å². The number of benzene rings is 1. The van der Waals surface area contributed by atoms with E-state index in [1.165, 1.54) is 0 Å². The number of carbonyl (C=O) groups excluding carboxylic acids is 3. The largest absolute Gasteiger partial charge is 0.464 e. The monoisotopic (exact) mass is 344 g/mol. The third-order valence-corrected chi connectivity index (χ3v) is 2.69. The maximum absolute atomic E-state index is 12.0. The molecule has 0 atom stereocenters. The average molecular weight is 345 g/mol. The number of halogens is 1. The van der Waals surface area contributed by atoms with Gasteiger partial charge in [-0.1, -0.05) is 12.1 Å². The van der Waals surface area contributed by atoms with Crippen molar-refractivity contribution in [2.75, 3.05) is 18.9 Å². The Labute approximate surface area is 140 Å². The highest BCUT2D eigenvalue weighted by atomic mass is 35.5. The molecule has 0 heterocycles. The van der Waals surface area contributed by atoms with Crippen LogP contribution in [0.2, 0.25) is 0 Å². The number of esters is 2. The maximum atomic E-state index is 12.0. The standard InChI is InChI=1S/C15H20N2O5.ClH/c1-3-21-14(19)13(15(20)22-4-2)17-12(18)9-10-5-7-11(16)8-6-10;/h5-8,13H,3-4,9,16H2,1-2H3,(H,17,18);1H. The minimum atomic E-state index is -1.46. The molecule has 8 heteroatoms. The van der Waals surface area contributed by atoms with Crippen LogP contribution in [0.1, 0.15) is 19.4 Å². The zero-order valence-electron chi connectivity index (χ0n) is 13.0. The summed E-state index contributed by atoms with van der Waals surface area (Å²) in [6.07, 6.45) is 0.00951. The van der Waals surface area contributed by atoms with Crippen molar-refractivity contribution in [1.82, 2.24) is 5.32 Å². The van der Waals surface area contributed by atoms with Crippen molar-refractivity contribution in [3.63, 3.8) is 0 Å². The molecule has 0 fully saturated rings. The van der Waals surface area contributed by atoms with E-state index in [0.717, 1.165) is 0 Å². The van der Waals surface area contributed by atoms with Crippen LogP contribution >= 0.6 is 12.4 Å². The average Bonchev–Trinajstić information content (AvgIpc) is 2.47. The fourth-order valence-electron chi connectivity index (χ4n) is 1.70. The van der Waals surface area contributed by atoms with Crippen LogP contribution in [0.3, 0.4) is 0 Å². The fraction of sp³-hybridized carbons (Fsp3) is 0.400. The molecule has 0 aliphatic heterocycles. The molecule has 0 aliphatic carbocycles. The summed E-state index contributed by atoms with van der Waals surface area (Å²) in [7, 11) is 0. The van der Waals surface area contributed by atoms with Gasteiger partial charge in [0.1, 0.15) is 0 Å². The first-order valence-electron chi connectivity index (χ1n) is 6.95. The van der Waals surface area contributed by atoms with E-state index < -0.39 is 23.9 Å². The van der Waals surface area contributed by atoms with E-state index in [2.05, 4.69) is 5.32 Å². The Balaban J connectivity index is 0.00000484. The predicted molar refractivity (Wildman–Crippen MR) is 87.0 cm³/mol. The van der Waals surface area contributed by atoms with Gasteiger partial charge in [-0.05, 0) is 31.5 Å². The summed E-state index contributed by atoms with van der Waals surface area (Å²) in [5, 5.41) is 2.33. The summed E-state index contributed by atoms with van der Waals surface area (Å²) < 4.78 is 9.53. The number of amides is 1. The Bertz CT molecular complexity index is 515. The van der Waals surface area contributed by atoms with Crippen molar-refractivity contribution in [3.05, 3.63) is 29.8 Å². The molecule has 0 radical (unpaired) electrons. The molecule has 1 amide bonds. The highest BCUT2D eigenvalue weighted by molar-refractivity contribution is 6.02. The molecule has 0 aromatic heterocycles. The first-order valence-corrected chi connectivity index (χ1v) is 6.95. The molecule has 3 N–H and O–H groups in total. The number of ether oxygens (including phenoxy) is 2. The minimum absolute atomic E-state index is 0. The molecule has 1 aromatic rings. The van der Waals surface area contributed by atoms with Crippen molar-refractivity contribution in [2.24, 2.45) is 0 Å². The van der Waals surface area contributed by atoms with Crippen LogP contribution < -0.4 is 11.1 Å². The maximum Gasteiger partial charge on any atom is 0.340 e. The second-order valence-electron chi connectivity index (χ2n) is 4.42. The van der Waals surface area contributed by atoms with Gasteiger partial charge in [0.2, 0.25) is 11.9 Å². The summed E-state index contributed by atoms with van der Waals surface area (Å²) in [5.74, 6) is -2.17. The zero-order valence-corrected chi connectivity index (χ0v) is 13.9. The summed E-state index contributed by atoms with van der Waals surface area (Å²) in [6.45, 7) is 3.41. The number of hydrogen-bond acceptors (Lipinski definition) is 6. The highest BCUT2D eigenvalue weighted by Gasteiger charge is 2.31. The van der Waals surface area contributed by atoms with Crippen molar-refractivity contribution in [1.29, 1.82) is 0 Å². The van der Waals surface area contributed by atoms with Crippen molar-refractivity contribution >= 4 is 35.9 Å². The van der Waals surface area contributed by atoms with Crippen LogP contribution in [0.5, 0.6) is 0 Å². The molecular formula is C15H21ClN2O5. The summed E-state index contributed by atoms with van der Waals surface area (Å²) in [5.41, 5.74) is 6.85. The topological polar surface area (TPSA) is 108 Å². The van der Waals surface area contributed by atoms with E-state index in [-0.39, 0.29) is 32.0 Å². The van der Waals surface area contributed by atoms with Gasteiger partial charge in [-0.2, -0.15) is 0 Å². The van der Waals surface area contributed by atoms with Gasteiger partial charge >= 0.3 is 11.9 Å². The fourth-order valence-corrected chi connectivity index (χ4v) is 1.70. The van der Waals surface area contributed by atoms with Gasteiger partial charge in [-0.15, -0.1) is 12.4 Å². The molecule has 0 saturated heterocycles. The van der Waals surface area contributed by atoms with Crippen molar-refractivity contribution in [3.8, 4) is 0 Å². The van der Waals surface area contributed by atoms with Gasteiger partial charge in [0.05, 0.1) is 19.6 Å². The van der Waals surface area contributed by atoms with Crippen LogP contribution in [0.25, 0.3) is 0 Å². The van der Waals surface area contributed by atoms with Gasteiger partial charge in [0, 0.05) is 5.69 Å². The molecule has 1 aromatic carbocycles. The quantitative estimate of drug-likeness (QED) is 0.431. The number of nitrogens with two attached hydrogens (primary N) is 1. The Hall–Kier alpha value is -2.28. The Morgan fingerprint density at radius 2 is 1.52 bits per heavy atom. The van der Waals surface area contributed by atoms with E-state index in [4.69, 9.17) is 15.2 Å². The van der Waals surface area contributed by atoms with Gasteiger partial charge in [-0.25, -0.2) is 9.59 Å². The molecular weight excluding hydrogens is 324 g/mol. The third-order valence-electron chi connectivity index (χ3n) is 2.69. The van der Waals surface area contributed by atoms with Crippen LogP contribution in [-0.4, -0.2) is 37.1 Å². The summed E-state index contributed by atoms with van der Waals surface area (Å²) in [4.78, 5) is 35.4. The lowest BCUT2D eigenvalue weighted by Crippen LogP contribution is -2.48. The summed E-state index contributed by atoms with van der Waals surface area (Å²) in [6, 6.07) is 5.26. The van der Waals surface area contributed by atoms with E-state index in [1.54, 1.807) is 38.1 Å². The molecule has 23 heavy (non-hydrogen) atoms. The van der Waals surface area contributed by atoms with E-state index in [1.807, 2.05) is 0 Å². The van der Waals surface area contributed by atoms with Gasteiger partial charge < -0.3 is 20.5 Å². The highest BCUT2D eigenvalue weighted by Crippen LogP contribution is 2.06. The number of hydrogen-bond donors (Lipinski definition) is 2. The Kier molecular flexibility index (Phi) is 9.41. The summed E-state index contributed by atoms with van der Waals surface area (Å²) >= 11 is 0. The molecule has 1 rings (SSSR count). The number of carbonyl (C=O) groups is 3. The number of nitrogens with one attached hydrogen (secondary N) is 1. The van der Waals surface area contributed by atoms with Crippen molar-refractivity contribution < 1.29 is 23.9 Å². The number of rotatable bonds is 7. The van der Waals surface area contributed by atoms with Gasteiger partial charge in [0.15, 0.2) is 0 Å². The first-order chi connectivity index (χ1) is 10.5. The smallest absolute Gasteiger partial charge is 0.340 e. The van der Waals surface area contributed by atoms with E-state index in [9.17, 15) is 14.4 Å². The molecule has 0 saturated carbocycles. The van der Waals surface area contributed by atoms with E-state index >= 15 is 0 Å². The second kappa shape index (κ2) is 10.4. The normalized spacial score (nSPS) is 9.70. The predicted octanol–water partition coefficient (Wildman–Crippen LogP) is 0.844. The lowest BCUT2D eigenvalue weighted by atomic mass is 10.1. The van der Waals surface area contributed by atoms with Crippen LogP contribution in [0.15, 0.2) is 24.3 Å². The van der Waals surface area contributed by atoms with Crippen LogP contribution in [-0.2, 0) is 30.3 Å². The first kappa shape index (κ1) is 20.7. The zero-order chi connectivity index (χ0) is 16.5. The van der Waals surface area contributed by atoms with Crippen LogP contribution in [0.4, 0.5) is 5.69 Å². The van der Waals surface area contributed by atoms with E-state index in [0.29, 0.717) is 11.3 Å². The third kappa shape index (κ3) is 7.01. The second-order valence-corrected chi connectivity index (χ2v) is 4.42. The molecule has 7 nitrogen and oxygen atoms in total. The number of nitrogen functional groups attached to an aromatic ring is 1. The van der Waals surface area contributed by atoms with Crippen LogP contribution in [0, 0.1) is 0 Å². The lowest BCUT2D eigenvalue weighted by Gasteiger charge is -2.15. The SMILES string of the molecule is CCOC(=O)C(NC(=O)Cc1ccc(N)cc1)C(=O)OCC.Cl. The molecule has 0 aliphatic rings. The number of anilines is 1. The molecule has 0 unspecified atom stereocenters. The Morgan fingerprint density at radius 1 is 1.04 bits per heavy atom. The molecule has 128 valence electrons. The van der Waals surface area contributed by atoms with Gasteiger partial charge in [0.25, 0.3) is 0 Å². The van der Waals surface area contributed by atoms with Gasteiger partial charge in [-0.3, -0.25) is 4.79 Å². The molecule has 0 spiro atoms. The lowest BCUT2D eigenvalue weighted by molar-refractivity contribution is -0.159.